The molecule has 0 heterocycles. The molecule has 0 saturated heterocycles. The molecule has 5 heteroatoms. The highest BCUT2D eigenvalue weighted by Gasteiger charge is 2.21. The average Bonchev–Trinajstić information content (AvgIpc) is 2.39. The molecule has 2 N–H and O–H groups in total. The van der Waals surface area contributed by atoms with Crippen molar-refractivity contribution in [3.63, 3.8) is 0 Å². The van der Waals surface area contributed by atoms with Gasteiger partial charge in [0, 0.05) is 25.6 Å². The number of aliphatic imine (C=N–C) groups is 1. The van der Waals surface area contributed by atoms with Gasteiger partial charge in [-0.3, -0.25) is 4.99 Å². The first kappa shape index (κ1) is 19.1. The summed E-state index contributed by atoms with van der Waals surface area (Å²) in [4.78, 5) is 4.16. The van der Waals surface area contributed by atoms with E-state index in [4.69, 9.17) is 0 Å². The average molecular weight is 393 g/mol. The monoisotopic (exact) mass is 393 g/mol. The van der Waals surface area contributed by atoms with E-state index >= 15 is 0 Å². The lowest BCUT2D eigenvalue weighted by Crippen LogP contribution is -2.43. The molecule has 3 nitrogen and oxygen atoms in total. The molecule has 0 aliphatic rings. The van der Waals surface area contributed by atoms with Gasteiger partial charge in [-0.25, -0.2) is 4.39 Å². The minimum atomic E-state index is -0.195. The SMILES string of the molecule is CCCNC(=NC)NCC(C)(C)c1cccc(F)c1.I. The van der Waals surface area contributed by atoms with Gasteiger partial charge in [0.1, 0.15) is 5.82 Å². The Morgan fingerprint density at radius 1 is 1.30 bits per heavy atom. The standard InChI is InChI=1S/C15H24FN3.HI/c1-5-9-18-14(17-4)19-11-15(2,3)12-7-6-8-13(16)10-12;/h6-8,10H,5,9,11H2,1-4H3,(H2,17,18,19);1H. The second-order valence-electron chi connectivity index (χ2n) is 5.25. The highest BCUT2D eigenvalue weighted by atomic mass is 127. The van der Waals surface area contributed by atoms with Crippen LogP contribution < -0.4 is 10.6 Å². The van der Waals surface area contributed by atoms with Gasteiger partial charge in [0.25, 0.3) is 0 Å². The fraction of sp³-hybridized carbons (Fsp3) is 0.533. The Morgan fingerprint density at radius 2 is 2.00 bits per heavy atom. The lowest BCUT2D eigenvalue weighted by atomic mass is 9.84. The van der Waals surface area contributed by atoms with Crippen LogP contribution in [0.1, 0.15) is 32.8 Å². The van der Waals surface area contributed by atoms with Crippen LogP contribution in [0.3, 0.4) is 0 Å². The number of guanidine groups is 1. The van der Waals surface area contributed by atoms with Gasteiger partial charge in [-0.1, -0.05) is 32.9 Å². The molecule has 0 saturated carbocycles. The summed E-state index contributed by atoms with van der Waals surface area (Å²) in [6.45, 7) is 7.86. The van der Waals surface area contributed by atoms with Gasteiger partial charge in [-0.2, -0.15) is 0 Å². The molecule has 0 atom stereocenters. The van der Waals surface area contributed by atoms with Gasteiger partial charge in [0.05, 0.1) is 0 Å². The Labute approximate surface area is 138 Å². The van der Waals surface area contributed by atoms with E-state index in [1.54, 1.807) is 19.2 Å². The van der Waals surface area contributed by atoms with Crippen molar-refractivity contribution in [2.45, 2.75) is 32.6 Å². The number of nitrogens with zero attached hydrogens (tertiary/aromatic N) is 1. The maximum absolute atomic E-state index is 13.3. The Kier molecular flexibility index (Phi) is 8.76. The van der Waals surface area contributed by atoms with Crippen molar-refractivity contribution in [3.05, 3.63) is 35.6 Å². The zero-order chi connectivity index (χ0) is 14.3. The van der Waals surface area contributed by atoms with Crippen LogP contribution in [0.25, 0.3) is 0 Å². The van der Waals surface area contributed by atoms with Crippen LogP contribution in [0.2, 0.25) is 0 Å². The third-order valence-electron chi connectivity index (χ3n) is 3.07. The highest BCUT2D eigenvalue weighted by molar-refractivity contribution is 14.0. The van der Waals surface area contributed by atoms with Gasteiger partial charge in [-0.15, -0.1) is 24.0 Å². The first-order valence-electron chi connectivity index (χ1n) is 6.70. The molecule has 0 radical (unpaired) electrons. The Balaban J connectivity index is 0.00000361. The third kappa shape index (κ3) is 6.07. The topological polar surface area (TPSA) is 36.4 Å². The van der Waals surface area contributed by atoms with Crippen molar-refractivity contribution in [2.24, 2.45) is 4.99 Å². The van der Waals surface area contributed by atoms with E-state index in [1.165, 1.54) is 6.07 Å². The fourth-order valence-electron chi connectivity index (χ4n) is 1.78. The predicted octanol–water partition coefficient (Wildman–Crippen LogP) is 3.30. The summed E-state index contributed by atoms with van der Waals surface area (Å²) >= 11 is 0. The number of nitrogens with one attached hydrogen (secondary N) is 2. The number of hydrogen-bond acceptors (Lipinski definition) is 1. The van der Waals surface area contributed by atoms with Crippen LogP contribution in [0.4, 0.5) is 4.39 Å². The minimum Gasteiger partial charge on any atom is -0.356 e. The number of benzene rings is 1. The van der Waals surface area contributed by atoms with Crippen LogP contribution in [-0.4, -0.2) is 26.1 Å². The van der Waals surface area contributed by atoms with Gasteiger partial charge in [-0.05, 0) is 24.1 Å². The van der Waals surface area contributed by atoms with Crippen molar-refractivity contribution < 1.29 is 4.39 Å². The van der Waals surface area contributed by atoms with E-state index in [9.17, 15) is 4.39 Å². The zero-order valence-corrected chi connectivity index (χ0v) is 15.0. The van der Waals surface area contributed by atoms with Crippen molar-refractivity contribution in [1.29, 1.82) is 0 Å². The summed E-state index contributed by atoms with van der Waals surface area (Å²) < 4.78 is 13.3. The molecule has 20 heavy (non-hydrogen) atoms. The second kappa shape index (κ2) is 9.15. The zero-order valence-electron chi connectivity index (χ0n) is 12.7. The second-order valence-corrected chi connectivity index (χ2v) is 5.25. The van der Waals surface area contributed by atoms with Crippen LogP contribution in [0.15, 0.2) is 29.3 Å². The van der Waals surface area contributed by atoms with E-state index in [1.807, 2.05) is 6.07 Å². The molecule has 1 aromatic carbocycles. The fourth-order valence-corrected chi connectivity index (χ4v) is 1.78. The van der Waals surface area contributed by atoms with Gasteiger partial charge in [0.2, 0.25) is 0 Å². The van der Waals surface area contributed by atoms with E-state index in [-0.39, 0.29) is 35.2 Å². The first-order chi connectivity index (χ1) is 8.99. The molecule has 1 rings (SSSR count). The van der Waals surface area contributed by atoms with Crippen molar-refractivity contribution in [2.75, 3.05) is 20.1 Å². The largest absolute Gasteiger partial charge is 0.356 e. The molecule has 0 unspecified atom stereocenters. The maximum atomic E-state index is 13.3. The summed E-state index contributed by atoms with van der Waals surface area (Å²) in [6.07, 6.45) is 1.05. The van der Waals surface area contributed by atoms with Gasteiger partial charge < -0.3 is 10.6 Å². The smallest absolute Gasteiger partial charge is 0.191 e. The molecule has 0 spiro atoms. The van der Waals surface area contributed by atoms with E-state index in [0.29, 0.717) is 6.54 Å². The molecule has 0 fully saturated rings. The van der Waals surface area contributed by atoms with Gasteiger partial charge >= 0.3 is 0 Å². The third-order valence-corrected chi connectivity index (χ3v) is 3.07. The summed E-state index contributed by atoms with van der Waals surface area (Å²) in [5.41, 5.74) is 0.817. The minimum absolute atomic E-state index is 0. The molecule has 0 bridgehead atoms. The Morgan fingerprint density at radius 3 is 2.55 bits per heavy atom. The van der Waals surface area contributed by atoms with E-state index in [0.717, 1.165) is 24.5 Å². The molecular formula is C15H25FIN3. The Hall–Kier alpha value is -0.850. The lowest BCUT2D eigenvalue weighted by Gasteiger charge is -2.26. The maximum Gasteiger partial charge on any atom is 0.191 e. The van der Waals surface area contributed by atoms with Crippen LogP contribution in [0, 0.1) is 5.82 Å². The van der Waals surface area contributed by atoms with E-state index in [2.05, 4.69) is 36.4 Å². The number of rotatable bonds is 5. The summed E-state index contributed by atoms with van der Waals surface area (Å²) in [7, 11) is 1.75. The van der Waals surface area contributed by atoms with Crippen molar-refractivity contribution in [1.82, 2.24) is 10.6 Å². The molecule has 0 aliphatic carbocycles. The molecule has 1 aromatic rings. The predicted molar refractivity (Wildman–Crippen MR) is 94.5 cm³/mol. The number of halogens is 2. The summed E-state index contributed by atoms with van der Waals surface area (Å²) in [5, 5.41) is 6.50. The van der Waals surface area contributed by atoms with Gasteiger partial charge in [0.15, 0.2) is 5.96 Å². The molecule has 0 aromatic heterocycles. The van der Waals surface area contributed by atoms with Crippen molar-refractivity contribution >= 4 is 29.9 Å². The number of hydrogen-bond donors (Lipinski definition) is 2. The van der Waals surface area contributed by atoms with E-state index < -0.39 is 0 Å². The normalized spacial score (nSPS) is 11.8. The Bertz CT molecular complexity index is 433. The molecule has 0 aliphatic heterocycles. The molecular weight excluding hydrogens is 368 g/mol. The first-order valence-corrected chi connectivity index (χ1v) is 6.70. The quantitative estimate of drug-likeness (QED) is 0.458. The summed E-state index contributed by atoms with van der Waals surface area (Å²) in [6, 6.07) is 6.75. The van der Waals surface area contributed by atoms with Crippen LogP contribution in [0.5, 0.6) is 0 Å². The molecule has 114 valence electrons. The highest BCUT2D eigenvalue weighted by Crippen LogP contribution is 2.22. The van der Waals surface area contributed by atoms with Crippen LogP contribution in [-0.2, 0) is 5.41 Å². The molecule has 0 amide bonds. The van der Waals surface area contributed by atoms with Crippen molar-refractivity contribution in [3.8, 4) is 0 Å². The summed E-state index contributed by atoms with van der Waals surface area (Å²) in [5.74, 6) is 0.588. The lowest BCUT2D eigenvalue weighted by molar-refractivity contribution is 0.503. The van der Waals surface area contributed by atoms with Crippen LogP contribution >= 0.6 is 24.0 Å².